The fourth-order valence-electron chi connectivity index (χ4n) is 6.58. The van der Waals surface area contributed by atoms with Crippen LogP contribution in [0.2, 0.25) is 0 Å². The topological polar surface area (TPSA) is 65.0 Å². The van der Waals surface area contributed by atoms with Crippen molar-refractivity contribution in [2.75, 3.05) is 46.5 Å². The Balaban J connectivity index is 1.47. The first-order valence-electron chi connectivity index (χ1n) is 14.8. The standard InChI is InChI=1S/C32H49NO5/c1-7-8-9-10-13-31(2,3)24-19-27(34)30-25-18-23(11-12-26(25)32(4,5)38-28(30)20-24)22-37-29(35)21-33(6)14-16-36-17-15-33/h11,19-20,25-26H,7-10,12-18,21-22H2,1-6H3/p+1/t25-,26-/m0/s1. The van der Waals surface area contributed by atoms with Crippen molar-refractivity contribution in [2.24, 2.45) is 5.92 Å². The zero-order valence-corrected chi connectivity index (χ0v) is 24.6. The molecule has 1 fully saturated rings. The van der Waals surface area contributed by atoms with Gasteiger partial charge in [-0.05, 0) is 61.8 Å². The van der Waals surface area contributed by atoms with Crippen molar-refractivity contribution in [1.29, 1.82) is 0 Å². The minimum atomic E-state index is -0.345. The number of hydrogen-bond donors (Lipinski definition) is 1. The Morgan fingerprint density at radius 2 is 1.92 bits per heavy atom. The molecule has 6 heteroatoms. The van der Waals surface area contributed by atoms with Gasteiger partial charge in [0.05, 0.1) is 20.3 Å². The van der Waals surface area contributed by atoms with Crippen molar-refractivity contribution >= 4 is 5.97 Å². The Bertz CT molecular complexity index is 1020. The van der Waals surface area contributed by atoms with Gasteiger partial charge in [-0.2, -0.15) is 0 Å². The molecule has 3 aliphatic rings. The number of quaternary nitrogens is 1. The van der Waals surface area contributed by atoms with E-state index in [4.69, 9.17) is 14.2 Å². The van der Waals surface area contributed by atoms with Crippen LogP contribution >= 0.6 is 0 Å². The minimum Gasteiger partial charge on any atom is -0.508 e. The van der Waals surface area contributed by atoms with Crippen LogP contribution in [-0.4, -0.2) is 67.7 Å². The lowest BCUT2D eigenvalue weighted by atomic mass is 9.66. The number of esters is 1. The van der Waals surface area contributed by atoms with Crippen LogP contribution in [0.4, 0.5) is 0 Å². The molecule has 2 aliphatic heterocycles. The number of likely N-dealkylation sites (N-methyl/N-ethyl adjacent to an activating group) is 1. The maximum absolute atomic E-state index is 12.7. The highest BCUT2D eigenvalue weighted by Crippen LogP contribution is 2.55. The number of hydrogen-bond acceptors (Lipinski definition) is 5. The summed E-state index contributed by atoms with van der Waals surface area (Å²) in [6.07, 6.45) is 9.86. The molecule has 4 rings (SSSR count). The average Bonchev–Trinajstić information content (AvgIpc) is 2.84. The number of phenols is 1. The van der Waals surface area contributed by atoms with Crippen LogP contribution in [-0.2, 0) is 19.7 Å². The van der Waals surface area contributed by atoms with Crippen molar-refractivity contribution in [2.45, 2.75) is 96.5 Å². The van der Waals surface area contributed by atoms with Crippen LogP contribution in [0.25, 0.3) is 0 Å². The molecule has 1 saturated heterocycles. The van der Waals surface area contributed by atoms with E-state index >= 15 is 0 Å². The van der Waals surface area contributed by atoms with Crippen molar-refractivity contribution in [3.05, 3.63) is 34.9 Å². The second-order valence-electron chi connectivity index (χ2n) is 13.3. The Hall–Kier alpha value is -2.05. The number of rotatable bonds is 10. The average molecular weight is 529 g/mol. The molecule has 0 bridgehead atoms. The molecule has 1 aromatic rings. The zero-order valence-electron chi connectivity index (χ0n) is 24.6. The van der Waals surface area contributed by atoms with Gasteiger partial charge in [0.1, 0.15) is 36.8 Å². The quantitative estimate of drug-likeness (QED) is 0.168. The minimum absolute atomic E-state index is 0.0317. The van der Waals surface area contributed by atoms with Gasteiger partial charge in [-0.25, -0.2) is 4.79 Å². The molecule has 0 saturated carbocycles. The lowest BCUT2D eigenvalue weighted by molar-refractivity contribution is -0.910. The summed E-state index contributed by atoms with van der Waals surface area (Å²) in [6, 6.07) is 4.15. The third-order valence-electron chi connectivity index (χ3n) is 9.30. The molecule has 0 amide bonds. The molecule has 0 aromatic heterocycles. The molecule has 0 unspecified atom stereocenters. The highest BCUT2D eigenvalue weighted by atomic mass is 16.5. The van der Waals surface area contributed by atoms with Gasteiger partial charge in [0.2, 0.25) is 0 Å². The predicted octanol–water partition coefficient (Wildman–Crippen LogP) is 6.25. The first kappa shape index (κ1) is 28.9. The third kappa shape index (κ3) is 6.56. The Labute approximate surface area is 229 Å². The number of aromatic hydroxyl groups is 1. The lowest BCUT2D eigenvalue weighted by Crippen LogP contribution is -2.54. The number of phenolic OH excluding ortho intramolecular Hbond substituents is 1. The molecular weight excluding hydrogens is 478 g/mol. The Morgan fingerprint density at radius 1 is 1.18 bits per heavy atom. The van der Waals surface area contributed by atoms with Gasteiger partial charge >= 0.3 is 5.97 Å². The molecule has 1 aliphatic carbocycles. The van der Waals surface area contributed by atoms with E-state index in [9.17, 15) is 9.90 Å². The van der Waals surface area contributed by atoms with Crippen molar-refractivity contribution < 1.29 is 28.6 Å². The van der Waals surface area contributed by atoms with Crippen molar-refractivity contribution in [3.63, 3.8) is 0 Å². The Kier molecular flexibility index (Phi) is 8.83. The van der Waals surface area contributed by atoms with Crippen LogP contribution in [0, 0.1) is 5.92 Å². The highest BCUT2D eigenvalue weighted by molar-refractivity contribution is 5.70. The lowest BCUT2D eigenvalue weighted by Gasteiger charge is -2.47. The van der Waals surface area contributed by atoms with Gasteiger partial charge < -0.3 is 23.8 Å². The number of fused-ring (bicyclic) bond motifs is 3. The Morgan fingerprint density at radius 3 is 2.63 bits per heavy atom. The number of ether oxygens (including phenoxy) is 3. The van der Waals surface area contributed by atoms with Crippen LogP contribution in [0.15, 0.2) is 23.8 Å². The van der Waals surface area contributed by atoms with E-state index in [1.165, 1.54) is 25.7 Å². The van der Waals surface area contributed by atoms with Gasteiger partial charge in [-0.15, -0.1) is 0 Å². The second kappa shape index (κ2) is 11.6. The first-order valence-corrected chi connectivity index (χ1v) is 14.8. The summed E-state index contributed by atoms with van der Waals surface area (Å²) in [5.41, 5.74) is 2.81. The van der Waals surface area contributed by atoms with E-state index in [0.717, 1.165) is 54.8 Å². The molecule has 1 aromatic carbocycles. The monoisotopic (exact) mass is 528 g/mol. The van der Waals surface area contributed by atoms with E-state index in [2.05, 4.69) is 53.8 Å². The third-order valence-corrected chi connectivity index (χ3v) is 9.30. The van der Waals surface area contributed by atoms with E-state index < -0.39 is 0 Å². The highest BCUT2D eigenvalue weighted by Gasteiger charge is 2.46. The summed E-state index contributed by atoms with van der Waals surface area (Å²) < 4.78 is 18.5. The van der Waals surface area contributed by atoms with E-state index in [0.29, 0.717) is 36.6 Å². The normalized spacial score (nSPS) is 24.0. The van der Waals surface area contributed by atoms with Gasteiger partial charge in [0.15, 0.2) is 6.54 Å². The van der Waals surface area contributed by atoms with Crippen molar-refractivity contribution in [1.82, 2.24) is 0 Å². The van der Waals surface area contributed by atoms with E-state index in [-0.39, 0.29) is 28.8 Å². The summed E-state index contributed by atoms with van der Waals surface area (Å²) in [4.78, 5) is 12.7. The van der Waals surface area contributed by atoms with Gasteiger partial charge in [0.25, 0.3) is 0 Å². The molecule has 38 heavy (non-hydrogen) atoms. The number of benzene rings is 1. The summed E-state index contributed by atoms with van der Waals surface area (Å²) in [5, 5.41) is 11.3. The largest absolute Gasteiger partial charge is 0.508 e. The number of allylic oxidation sites excluding steroid dienone is 1. The summed E-state index contributed by atoms with van der Waals surface area (Å²) in [6.45, 7) is 14.9. The fraction of sp³-hybridized carbons (Fsp3) is 0.719. The second-order valence-corrected chi connectivity index (χ2v) is 13.3. The SMILES string of the molecule is CCCCCCC(C)(C)c1cc(O)c2c(c1)OC(C)(C)[C@H]1CC=C(COC(=O)C[N+]3(C)CCOCC3)C[C@H]21. The van der Waals surface area contributed by atoms with Crippen LogP contribution in [0.5, 0.6) is 11.5 Å². The molecule has 0 spiro atoms. The first-order chi connectivity index (χ1) is 17.9. The van der Waals surface area contributed by atoms with Crippen LogP contribution in [0.3, 0.4) is 0 Å². The van der Waals surface area contributed by atoms with Gasteiger partial charge in [-0.3, -0.25) is 0 Å². The smallest absolute Gasteiger partial charge is 0.362 e. The summed E-state index contributed by atoms with van der Waals surface area (Å²) >= 11 is 0. The maximum atomic E-state index is 12.7. The predicted molar refractivity (Wildman–Crippen MR) is 151 cm³/mol. The molecule has 1 N–H and O–H groups in total. The number of morpholine rings is 1. The fourth-order valence-corrected chi connectivity index (χ4v) is 6.58. The number of carbonyl (C=O) groups excluding carboxylic acids is 1. The number of nitrogens with zero attached hydrogens (tertiary/aromatic N) is 1. The van der Waals surface area contributed by atoms with Gasteiger partial charge in [-0.1, -0.05) is 52.5 Å². The molecule has 0 radical (unpaired) electrons. The summed E-state index contributed by atoms with van der Waals surface area (Å²) in [7, 11) is 2.10. The number of unbranched alkanes of at least 4 members (excludes halogenated alkanes) is 3. The molecule has 2 heterocycles. The molecule has 2 atom stereocenters. The van der Waals surface area contributed by atoms with Crippen molar-refractivity contribution in [3.8, 4) is 11.5 Å². The zero-order chi connectivity index (χ0) is 27.6. The van der Waals surface area contributed by atoms with Gasteiger partial charge in [0, 0.05) is 17.4 Å². The molecular formula is C32H50NO5+. The van der Waals surface area contributed by atoms with Crippen LogP contribution < -0.4 is 4.74 Å². The van der Waals surface area contributed by atoms with Crippen LogP contribution in [0.1, 0.15) is 96.6 Å². The number of carbonyl (C=O) groups is 1. The molecule has 212 valence electrons. The van der Waals surface area contributed by atoms with E-state index in [1.54, 1.807) is 0 Å². The molecule has 6 nitrogen and oxygen atoms in total. The maximum Gasteiger partial charge on any atom is 0.362 e. The summed E-state index contributed by atoms with van der Waals surface area (Å²) in [5.74, 6) is 1.39. The van der Waals surface area contributed by atoms with E-state index in [1.807, 2.05) is 6.07 Å².